The minimum absolute atomic E-state index is 0.0837. The smallest absolute Gasteiger partial charge is 0.425 e. The van der Waals surface area contributed by atoms with E-state index in [9.17, 15) is 31.9 Å². The molecule has 1 amide bonds. The molecular weight excluding hydrogens is 506 g/mol. The van der Waals surface area contributed by atoms with E-state index in [2.05, 4.69) is 10.3 Å². The summed E-state index contributed by atoms with van der Waals surface area (Å²) in [5.41, 5.74) is -1.31. The highest BCUT2D eigenvalue weighted by molar-refractivity contribution is 6.34. The van der Waals surface area contributed by atoms with E-state index < -0.39 is 53.4 Å². The summed E-state index contributed by atoms with van der Waals surface area (Å²) in [6.07, 6.45) is -6.05. The normalized spacial score (nSPS) is 12.4. The van der Waals surface area contributed by atoms with Crippen molar-refractivity contribution in [1.82, 2.24) is 4.98 Å². The number of benzene rings is 2. The third-order valence-corrected chi connectivity index (χ3v) is 5.32. The Morgan fingerprint density at radius 2 is 1.85 bits per heavy atom. The van der Waals surface area contributed by atoms with Gasteiger partial charge >= 0.3 is 6.18 Å². The molecule has 3 rings (SSSR count). The predicted molar refractivity (Wildman–Crippen MR) is 116 cm³/mol. The standard InChI is InChI=1S/C22H15Cl2F5N2O3/c1-10(22(27,28)29)34-19-7-12(18-5-11(9-32)15(24)8-30-18)17(26)6-13(19)21(33)31-20-14(23)3-2-4-16(20)25/h2-8,10,32H,9H2,1H3,(H,31,33)/t10-/m0/s1. The first-order valence-electron chi connectivity index (χ1n) is 9.50. The van der Waals surface area contributed by atoms with E-state index in [1.54, 1.807) is 0 Å². The Labute approximate surface area is 200 Å². The van der Waals surface area contributed by atoms with Crippen LogP contribution in [0, 0.1) is 11.6 Å². The average molecular weight is 521 g/mol. The summed E-state index contributed by atoms with van der Waals surface area (Å²) < 4.78 is 73.4. The predicted octanol–water partition coefficient (Wildman–Crippen LogP) is 6.41. The lowest BCUT2D eigenvalue weighted by Crippen LogP contribution is -2.32. The van der Waals surface area contributed by atoms with Gasteiger partial charge in [0.1, 0.15) is 17.4 Å². The van der Waals surface area contributed by atoms with Gasteiger partial charge in [-0.2, -0.15) is 13.2 Å². The van der Waals surface area contributed by atoms with Gasteiger partial charge in [-0.25, -0.2) is 8.78 Å². The molecule has 0 spiro atoms. The highest BCUT2D eigenvalue weighted by Gasteiger charge is 2.39. The van der Waals surface area contributed by atoms with Crippen molar-refractivity contribution in [2.75, 3.05) is 5.32 Å². The molecule has 0 saturated carbocycles. The lowest BCUT2D eigenvalue weighted by atomic mass is 10.0. The number of halogens is 7. The zero-order valence-corrected chi connectivity index (χ0v) is 18.7. The number of hydrogen-bond acceptors (Lipinski definition) is 4. The van der Waals surface area contributed by atoms with Crippen LogP contribution in [-0.2, 0) is 6.61 Å². The number of pyridine rings is 1. The fourth-order valence-electron chi connectivity index (χ4n) is 2.83. The molecule has 1 heterocycles. The monoisotopic (exact) mass is 520 g/mol. The lowest BCUT2D eigenvalue weighted by Gasteiger charge is -2.21. The third kappa shape index (κ3) is 5.57. The summed E-state index contributed by atoms with van der Waals surface area (Å²) in [4.78, 5) is 16.7. The zero-order chi connectivity index (χ0) is 25.2. The molecule has 1 aromatic heterocycles. The number of alkyl halides is 3. The molecule has 0 unspecified atom stereocenters. The number of carbonyl (C=O) groups is 1. The van der Waals surface area contributed by atoms with Crippen LogP contribution in [-0.4, -0.2) is 28.3 Å². The van der Waals surface area contributed by atoms with Gasteiger partial charge in [0.15, 0.2) is 6.10 Å². The molecule has 1 atom stereocenters. The number of para-hydroxylation sites is 1. The van der Waals surface area contributed by atoms with Gasteiger partial charge in [0, 0.05) is 11.8 Å². The van der Waals surface area contributed by atoms with Gasteiger partial charge in [-0.15, -0.1) is 0 Å². The Bertz CT molecular complexity index is 1220. The molecular formula is C22H15Cl2F5N2O3. The van der Waals surface area contributed by atoms with Gasteiger partial charge in [-0.05, 0) is 42.8 Å². The zero-order valence-electron chi connectivity index (χ0n) is 17.2. The molecule has 3 aromatic rings. The first-order chi connectivity index (χ1) is 15.9. The Hall–Kier alpha value is -2.95. The van der Waals surface area contributed by atoms with E-state index in [0.29, 0.717) is 13.0 Å². The highest BCUT2D eigenvalue weighted by Crippen LogP contribution is 2.35. The summed E-state index contributed by atoms with van der Waals surface area (Å²) in [5, 5.41) is 11.4. The van der Waals surface area contributed by atoms with Gasteiger partial charge < -0.3 is 15.2 Å². The van der Waals surface area contributed by atoms with E-state index in [1.807, 2.05) is 0 Å². The van der Waals surface area contributed by atoms with Crippen molar-refractivity contribution in [3.63, 3.8) is 0 Å². The topological polar surface area (TPSA) is 71.5 Å². The Balaban J connectivity index is 2.11. The number of carbonyl (C=O) groups excluding carboxylic acids is 1. The number of ether oxygens (including phenoxy) is 1. The molecule has 5 nitrogen and oxygen atoms in total. The summed E-state index contributed by atoms with van der Waals surface area (Å²) in [7, 11) is 0. The highest BCUT2D eigenvalue weighted by atomic mass is 35.5. The van der Waals surface area contributed by atoms with Crippen molar-refractivity contribution in [3.05, 3.63) is 75.4 Å². The molecule has 0 fully saturated rings. The number of aromatic nitrogens is 1. The Kier molecular flexibility index (Phi) is 7.64. The molecule has 12 heteroatoms. The number of anilines is 1. The van der Waals surface area contributed by atoms with Crippen molar-refractivity contribution in [1.29, 1.82) is 0 Å². The van der Waals surface area contributed by atoms with Gasteiger partial charge in [-0.3, -0.25) is 9.78 Å². The molecule has 0 saturated heterocycles. The number of nitrogens with one attached hydrogen (secondary N) is 1. The third-order valence-electron chi connectivity index (χ3n) is 4.66. The second-order valence-corrected chi connectivity index (χ2v) is 7.81. The van der Waals surface area contributed by atoms with Crippen LogP contribution in [0.15, 0.2) is 42.6 Å². The summed E-state index contributed by atoms with van der Waals surface area (Å²) >= 11 is 11.8. The second-order valence-electron chi connectivity index (χ2n) is 7.00. The number of amides is 1. The molecule has 0 radical (unpaired) electrons. The maximum atomic E-state index is 15.0. The van der Waals surface area contributed by atoms with Crippen LogP contribution in [0.5, 0.6) is 5.75 Å². The van der Waals surface area contributed by atoms with Gasteiger partial charge in [0.25, 0.3) is 5.91 Å². The first-order valence-corrected chi connectivity index (χ1v) is 10.3. The molecule has 34 heavy (non-hydrogen) atoms. The van der Waals surface area contributed by atoms with Crippen molar-refractivity contribution in [2.24, 2.45) is 0 Å². The largest absolute Gasteiger partial charge is 0.480 e. The molecule has 0 aliphatic carbocycles. The first kappa shape index (κ1) is 25.7. The second kappa shape index (κ2) is 10.1. The molecule has 180 valence electrons. The number of aliphatic hydroxyl groups is 1. The maximum absolute atomic E-state index is 15.0. The van der Waals surface area contributed by atoms with Crippen LogP contribution in [0.25, 0.3) is 11.3 Å². The van der Waals surface area contributed by atoms with E-state index in [0.717, 1.165) is 18.3 Å². The fraction of sp³-hybridized carbons (Fsp3) is 0.182. The van der Waals surface area contributed by atoms with E-state index in [-0.39, 0.29) is 26.9 Å². The molecule has 0 aliphatic heterocycles. The van der Waals surface area contributed by atoms with Crippen LogP contribution in [0.4, 0.5) is 27.6 Å². The molecule has 2 N–H and O–H groups in total. The summed E-state index contributed by atoms with van der Waals surface area (Å²) in [6.45, 7) is 0.192. The van der Waals surface area contributed by atoms with Crippen molar-refractivity contribution >= 4 is 34.8 Å². The van der Waals surface area contributed by atoms with Crippen LogP contribution >= 0.6 is 23.2 Å². The quantitative estimate of drug-likeness (QED) is 0.368. The number of aliphatic hydroxyl groups excluding tert-OH is 1. The van der Waals surface area contributed by atoms with Gasteiger partial charge in [-0.1, -0.05) is 29.3 Å². The maximum Gasteiger partial charge on any atom is 0.425 e. The molecule has 0 aliphatic rings. The number of nitrogens with zero attached hydrogens (tertiary/aromatic N) is 1. The minimum atomic E-state index is -4.81. The van der Waals surface area contributed by atoms with Crippen LogP contribution in [0.3, 0.4) is 0 Å². The van der Waals surface area contributed by atoms with Crippen molar-refractivity contribution in [3.8, 4) is 17.0 Å². The minimum Gasteiger partial charge on any atom is -0.480 e. The SMILES string of the molecule is C[C@H](Oc1cc(-c2cc(CO)c(Cl)cn2)c(F)cc1C(=O)Nc1c(F)cccc1Cl)C(F)(F)F. The molecule has 2 aromatic carbocycles. The van der Waals surface area contributed by atoms with Gasteiger partial charge in [0.05, 0.1) is 33.6 Å². The lowest BCUT2D eigenvalue weighted by molar-refractivity contribution is -0.189. The summed E-state index contributed by atoms with van der Waals surface area (Å²) in [6, 6.07) is 6.27. The van der Waals surface area contributed by atoms with Crippen LogP contribution in [0.1, 0.15) is 22.8 Å². The van der Waals surface area contributed by atoms with E-state index in [1.165, 1.54) is 18.2 Å². The van der Waals surface area contributed by atoms with E-state index in [4.69, 9.17) is 27.9 Å². The number of rotatable bonds is 6. The average Bonchev–Trinajstić information content (AvgIpc) is 2.77. The van der Waals surface area contributed by atoms with Crippen molar-refractivity contribution < 1.29 is 36.6 Å². The number of hydrogen-bond donors (Lipinski definition) is 2. The van der Waals surface area contributed by atoms with Crippen LogP contribution in [0.2, 0.25) is 10.0 Å². The molecule has 0 bridgehead atoms. The van der Waals surface area contributed by atoms with Gasteiger partial charge in [0.2, 0.25) is 0 Å². The Morgan fingerprint density at radius 3 is 2.47 bits per heavy atom. The summed E-state index contributed by atoms with van der Waals surface area (Å²) in [5.74, 6) is -3.77. The van der Waals surface area contributed by atoms with Crippen molar-refractivity contribution in [2.45, 2.75) is 25.8 Å². The van der Waals surface area contributed by atoms with E-state index >= 15 is 0 Å². The fourth-order valence-corrected chi connectivity index (χ4v) is 3.20. The Morgan fingerprint density at radius 1 is 1.15 bits per heavy atom. The van der Waals surface area contributed by atoms with Crippen LogP contribution < -0.4 is 10.1 Å².